The summed E-state index contributed by atoms with van der Waals surface area (Å²) in [6.45, 7) is 3.38. The maximum absolute atomic E-state index is 14.9. The van der Waals surface area contributed by atoms with Gasteiger partial charge in [0, 0.05) is 37.9 Å². The van der Waals surface area contributed by atoms with Crippen molar-refractivity contribution in [1.82, 2.24) is 4.98 Å². The summed E-state index contributed by atoms with van der Waals surface area (Å²) in [5, 5.41) is 14.4. The lowest BCUT2D eigenvalue weighted by molar-refractivity contribution is -0.384. The van der Waals surface area contributed by atoms with Crippen LogP contribution < -0.4 is 20.9 Å². The zero-order valence-electron chi connectivity index (χ0n) is 17.5. The van der Waals surface area contributed by atoms with Gasteiger partial charge in [-0.15, -0.1) is 0 Å². The summed E-state index contributed by atoms with van der Waals surface area (Å²) < 4.78 is 20.3. The second kappa shape index (κ2) is 9.35. The van der Waals surface area contributed by atoms with Crippen molar-refractivity contribution in [3.8, 4) is 0 Å². The number of nitrogens with one attached hydrogen (secondary N) is 1. The predicted octanol–water partition coefficient (Wildman–Crippen LogP) is 2.41. The molecule has 1 atom stereocenters. The minimum Gasteiger partial charge on any atom is -0.378 e. The van der Waals surface area contributed by atoms with Crippen LogP contribution in [0.4, 0.5) is 33.1 Å². The van der Waals surface area contributed by atoms with E-state index in [1.807, 2.05) is 4.90 Å². The molecule has 32 heavy (non-hydrogen) atoms. The number of nitrogens with zero attached hydrogens (tertiary/aromatic N) is 4. The summed E-state index contributed by atoms with van der Waals surface area (Å²) in [6.07, 6.45) is 1.44. The number of aromatic nitrogens is 1. The lowest BCUT2D eigenvalue weighted by Crippen LogP contribution is -2.41. The molecule has 0 spiro atoms. The highest BCUT2D eigenvalue weighted by molar-refractivity contribution is 5.78. The zero-order chi connectivity index (χ0) is 22.7. The Labute approximate surface area is 184 Å². The average Bonchev–Trinajstić information content (AvgIpc) is 2.79. The number of hydrogen-bond acceptors (Lipinski definition) is 8. The number of hydrogen-bond donors (Lipinski definition) is 2. The molecule has 170 valence electrons. The molecular weight excluding hydrogens is 419 g/mol. The molecule has 0 aliphatic carbocycles. The molecule has 3 N–H and O–H groups in total. The fourth-order valence-corrected chi connectivity index (χ4v) is 4.06. The maximum atomic E-state index is 14.9. The number of benzene rings is 1. The Kier molecular flexibility index (Phi) is 6.35. The third-order valence-corrected chi connectivity index (χ3v) is 5.77. The van der Waals surface area contributed by atoms with Crippen molar-refractivity contribution in [2.24, 2.45) is 11.7 Å². The van der Waals surface area contributed by atoms with Crippen molar-refractivity contribution in [3.63, 3.8) is 0 Å². The number of nitro groups is 1. The number of halogens is 1. The van der Waals surface area contributed by atoms with Crippen molar-refractivity contribution in [3.05, 3.63) is 46.3 Å². The quantitative estimate of drug-likeness (QED) is 0.514. The van der Waals surface area contributed by atoms with Gasteiger partial charge < -0.3 is 25.6 Å². The van der Waals surface area contributed by atoms with Gasteiger partial charge in [0.05, 0.1) is 29.7 Å². The highest BCUT2D eigenvalue weighted by atomic mass is 19.1. The SMILES string of the molecule is NC(=O)C1CCCN(c2ccc(Nc3nc(N4CCOCC4)ccc3[N+](=O)[O-])cc2F)C1. The van der Waals surface area contributed by atoms with E-state index >= 15 is 0 Å². The molecule has 1 aromatic carbocycles. The largest absolute Gasteiger partial charge is 0.378 e. The van der Waals surface area contributed by atoms with Gasteiger partial charge in [-0.25, -0.2) is 9.37 Å². The third kappa shape index (κ3) is 4.72. The first kappa shape index (κ1) is 21.8. The van der Waals surface area contributed by atoms with Crippen LogP contribution in [0.1, 0.15) is 12.8 Å². The Morgan fingerprint density at radius 1 is 1.22 bits per heavy atom. The summed E-state index contributed by atoms with van der Waals surface area (Å²) in [5.74, 6) is -0.558. The molecule has 2 fully saturated rings. The lowest BCUT2D eigenvalue weighted by atomic mass is 9.97. The van der Waals surface area contributed by atoms with E-state index in [1.54, 1.807) is 23.1 Å². The number of pyridine rings is 1. The first-order valence-corrected chi connectivity index (χ1v) is 10.5. The van der Waals surface area contributed by atoms with Gasteiger partial charge >= 0.3 is 5.69 Å². The van der Waals surface area contributed by atoms with Crippen LogP contribution in [0.2, 0.25) is 0 Å². The van der Waals surface area contributed by atoms with E-state index in [0.717, 1.165) is 6.42 Å². The second-order valence-electron chi connectivity index (χ2n) is 7.87. The van der Waals surface area contributed by atoms with Crippen molar-refractivity contribution >= 4 is 34.6 Å². The van der Waals surface area contributed by atoms with Crippen LogP contribution in [0.25, 0.3) is 0 Å². The van der Waals surface area contributed by atoms with Gasteiger partial charge in [-0.3, -0.25) is 14.9 Å². The molecule has 10 nitrogen and oxygen atoms in total. The molecule has 0 bridgehead atoms. The minimum atomic E-state index is -0.527. The number of carbonyl (C=O) groups excluding carboxylic acids is 1. The number of rotatable bonds is 6. The molecule has 2 aliphatic rings. The van der Waals surface area contributed by atoms with E-state index in [1.165, 1.54) is 12.1 Å². The smallest absolute Gasteiger partial charge is 0.311 e. The van der Waals surface area contributed by atoms with Gasteiger partial charge in [0.2, 0.25) is 11.7 Å². The van der Waals surface area contributed by atoms with Crippen LogP contribution in [0.3, 0.4) is 0 Å². The molecule has 2 aliphatic heterocycles. The maximum Gasteiger partial charge on any atom is 0.311 e. The van der Waals surface area contributed by atoms with Crippen molar-refractivity contribution < 1.29 is 18.8 Å². The number of ether oxygens (including phenoxy) is 1. The number of piperidine rings is 1. The molecule has 2 aromatic rings. The Morgan fingerprint density at radius 3 is 2.69 bits per heavy atom. The van der Waals surface area contributed by atoms with E-state index in [2.05, 4.69) is 10.3 Å². The number of primary amides is 1. The van der Waals surface area contributed by atoms with Crippen molar-refractivity contribution in [2.45, 2.75) is 12.8 Å². The van der Waals surface area contributed by atoms with Gasteiger partial charge in [0.25, 0.3) is 0 Å². The van der Waals surface area contributed by atoms with Gasteiger partial charge in [-0.05, 0) is 37.1 Å². The molecule has 2 saturated heterocycles. The van der Waals surface area contributed by atoms with E-state index in [4.69, 9.17) is 10.5 Å². The van der Waals surface area contributed by atoms with E-state index < -0.39 is 10.7 Å². The molecule has 3 heterocycles. The van der Waals surface area contributed by atoms with Crippen molar-refractivity contribution in [1.29, 1.82) is 0 Å². The standard InChI is InChI=1S/C21H25FN6O4/c22-16-12-15(3-4-17(16)27-7-1-2-14(13-27)20(23)29)24-21-18(28(30)31)5-6-19(25-21)26-8-10-32-11-9-26/h3-6,12,14H,1-2,7-11,13H2,(H2,23,29)(H,24,25). The van der Waals surface area contributed by atoms with E-state index in [0.29, 0.717) is 63.0 Å². The molecule has 0 radical (unpaired) electrons. The van der Waals surface area contributed by atoms with Gasteiger partial charge in [0.15, 0.2) is 0 Å². The number of amides is 1. The van der Waals surface area contributed by atoms with Crippen LogP contribution >= 0.6 is 0 Å². The molecule has 1 amide bonds. The minimum absolute atomic E-state index is 0.0397. The van der Waals surface area contributed by atoms with E-state index in [-0.39, 0.29) is 23.3 Å². The number of morpholine rings is 1. The predicted molar refractivity (Wildman–Crippen MR) is 118 cm³/mol. The first-order valence-electron chi connectivity index (χ1n) is 10.5. The highest BCUT2D eigenvalue weighted by Crippen LogP contribution is 2.32. The van der Waals surface area contributed by atoms with Crippen LogP contribution in [0.5, 0.6) is 0 Å². The summed E-state index contributed by atoms with van der Waals surface area (Å²) >= 11 is 0. The monoisotopic (exact) mass is 444 g/mol. The normalized spacial score (nSPS) is 19.0. The summed E-state index contributed by atoms with van der Waals surface area (Å²) in [7, 11) is 0. The Bertz CT molecular complexity index is 1010. The Hall–Kier alpha value is -3.47. The Morgan fingerprint density at radius 2 is 2.00 bits per heavy atom. The molecule has 11 heteroatoms. The van der Waals surface area contributed by atoms with Crippen LogP contribution in [-0.2, 0) is 9.53 Å². The lowest BCUT2D eigenvalue weighted by Gasteiger charge is -2.33. The average molecular weight is 444 g/mol. The van der Waals surface area contributed by atoms with Crippen LogP contribution in [0, 0.1) is 21.8 Å². The molecular formula is C21H25FN6O4. The topological polar surface area (TPSA) is 127 Å². The van der Waals surface area contributed by atoms with Crippen molar-refractivity contribution in [2.75, 3.05) is 54.5 Å². The third-order valence-electron chi connectivity index (χ3n) is 5.77. The highest BCUT2D eigenvalue weighted by Gasteiger charge is 2.26. The molecule has 0 saturated carbocycles. The van der Waals surface area contributed by atoms with Crippen LogP contribution in [-0.4, -0.2) is 55.2 Å². The first-order chi connectivity index (χ1) is 15.4. The fraction of sp³-hybridized carbons (Fsp3) is 0.429. The number of carbonyl (C=O) groups is 1. The van der Waals surface area contributed by atoms with E-state index in [9.17, 15) is 19.3 Å². The Balaban J connectivity index is 1.56. The van der Waals surface area contributed by atoms with Gasteiger partial charge in [0.1, 0.15) is 11.6 Å². The molecule has 1 aromatic heterocycles. The fourth-order valence-electron chi connectivity index (χ4n) is 4.06. The second-order valence-corrected chi connectivity index (χ2v) is 7.87. The molecule has 1 unspecified atom stereocenters. The molecule has 4 rings (SSSR count). The zero-order valence-corrected chi connectivity index (χ0v) is 17.5. The van der Waals surface area contributed by atoms with Crippen LogP contribution in [0.15, 0.2) is 30.3 Å². The van der Waals surface area contributed by atoms with Gasteiger partial charge in [-0.2, -0.15) is 0 Å². The number of nitrogens with two attached hydrogens (primary N) is 1. The summed E-state index contributed by atoms with van der Waals surface area (Å²) in [6, 6.07) is 7.50. The van der Waals surface area contributed by atoms with Gasteiger partial charge in [-0.1, -0.05) is 0 Å². The summed E-state index contributed by atoms with van der Waals surface area (Å²) in [4.78, 5) is 30.7. The number of anilines is 4. The summed E-state index contributed by atoms with van der Waals surface area (Å²) in [5.41, 5.74) is 5.92.